The van der Waals surface area contributed by atoms with Crippen LogP contribution in [0.15, 0.2) is 24.3 Å². The van der Waals surface area contributed by atoms with Gasteiger partial charge in [-0.3, -0.25) is 0 Å². The highest BCUT2D eigenvalue weighted by Gasteiger charge is 2.45. The summed E-state index contributed by atoms with van der Waals surface area (Å²) in [6.07, 6.45) is -1.93. The number of para-hydroxylation sites is 1. The molecule has 1 fully saturated rings. The van der Waals surface area contributed by atoms with Crippen molar-refractivity contribution in [1.29, 1.82) is 0 Å². The molecule has 0 radical (unpaired) electrons. The van der Waals surface area contributed by atoms with E-state index in [0.717, 1.165) is 6.42 Å². The number of rotatable bonds is 2. The first-order chi connectivity index (χ1) is 8.48. The van der Waals surface area contributed by atoms with E-state index in [0.29, 0.717) is 23.6 Å². The van der Waals surface area contributed by atoms with Crippen LogP contribution in [0.1, 0.15) is 25.7 Å². The van der Waals surface area contributed by atoms with Gasteiger partial charge in [0, 0.05) is 6.04 Å². The van der Waals surface area contributed by atoms with E-state index < -0.39 is 18.1 Å². The van der Waals surface area contributed by atoms with Gasteiger partial charge < -0.3 is 5.32 Å². The number of benzene rings is 1. The Kier molecular flexibility index (Phi) is 4.05. The second-order valence-corrected chi connectivity index (χ2v) is 5.07. The standard InChI is InChI=1S/C13H15ClF3N/c14-10-6-2-4-8-12(10)18-11-7-3-1-5-9(11)13(15,16)17/h2,4,6,8-9,11,18H,1,3,5,7H2. The van der Waals surface area contributed by atoms with Gasteiger partial charge in [-0.25, -0.2) is 0 Å². The number of nitrogens with one attached hydrogen (secondary N) is 1. The van der Waals surface area contributed by atoms with Gasteiger partial charge in [0.2, 0.25) is 0 Å². The number of alkyl halides is 3. The Morgan fingerprint density at radius 1 is 1.11 bits per heavy atom. The molecule has 2 atom stereocenters. The summed E-state index contributed by atoms with van der Waals surface area (Å²) >= 11 is 5.96. The maximum absolute atomic E-state index is 12.9. The first kappa shape index (κ1) is 13.5. The van der Waals surface area contributed by atoms with Crippen LogP contribution in [0.4, 0.5) is 18.9 Å². The zero-order valence-electron chi connectivity index (χ0n) is 9.80. The molecule has 18 heavy (non-hydrogen) atoms. The number of halogens is 4. The molecule has 1 saturated carbocycles. The summed E-state index contributed by atoms with van der Waals surface area (Å²) in [6, 6.07) is 6.34. The fourth-order valence-electron chi connectivity index (χ4n) is 2.47. The molecule has 1 aromatic rings. The molecule has 100 valence electrons. The van der Waals surface area contributed by atoms with Crippen LogP contribution in [0.2, 0.25) is 5.02 Å². The van der Waals surface area contributed by atoms with E-state index in [-0.39, 0.29) is 6.42 Å². The highest BCUT2D eigenvalue weighted by atomic mass is 35.5. The topological polar surface area (TPSA) is 12.0 Å². The summed E-state index contributed by atoms with van der Waals surface area (Å²) in [4.78, 5) is 0. The first-order valence-electron chi connectivity index (χ1n) is 6.06. The Morgan fingerprint density at radius 2 is 1.78 bits per heavy atom. The van der Waals surface area contributed by atoms with Gasteiger partial charge >= 0.3 is 6.18 Å². The monoisotopic (exact) mass is 277 g/mol. The number of anilines is 1. The van der Waals surface area contributed by atoms with E-state index in [2.05, 4.69) is 5.32 Å². The lowest BCUT2D eigenvalue weighted by Crippen LogP contribution is -2.41. The predicted molar refractivity (Wildman–Crippen MR) is 66.9 cm³/mol. The van der Waals surface area contributed by atoms with Crippen molar-refractivity contribution in [2.45, 2.75) is 37.9 Å². The van der Waals surface area contributed by atoms with Crippen molar-refractivity contribution in [3.8, 4) is 0 Å². The summed E-state index contributed by atoms with van der Waals surface area (Å²) in [6.45, 7) is 0. The SMILES string of the molecule is FC(F)(F)C1CCCCC1Nc1ccccc1Cl. The van der Waals surface area contributed by atoms with Crippen LogP contribution < -0.4 is 5.32 Å². The molecule has 1 N–H and O–H groups in total. The molecule has 1 aliphatic carbocycles. The third-order valence-corrected chi connectivity index (χ3v) is 3.73. The van der Waals surface area contributed by atoms with Crippen molar-refractivity contribution < 1.29 is 13.2 Å². The minimum absolute atomic E-state index is 0.200. The van der Waals surface area contributed by atoms with E-state index in [1.807, 2.05) is 0 Å². The van der Waals surface area contributed by atoms with Gasteiger partial charge in [-0.05, 0) is 25.0 Å². The molecule has 0 saturated heterocycles. The molecular weight excluding hydrogens is 263 g/mol. The van der Waals surface area contributed by atoms with Crippen LogP contribution in [0.5, 0.6) is 0 Å². The van der Waals surface area contributed by atoms with Gasteiger partial charge in [0.1, 0.15) is 0 Å². The Balaban J connectivity index is 2.13. The summed E-state index contributed by atoms with van der Waals surface area (Å²) in [5, 5.41) is 3.42. The van der Waals surface area contributed by atoms with Crippen LogP contribution >= 0.6 is 11.6 Å². The van der Waals surface area contributed by atoms with Crippen molar-refractivity contribution in [2.24, 2.45) is 5.92 Å². The van der Waals surface area contributed by atoms with Gasteiger partial charge in [-0.1, -0.05) is 36.6 Å². The van der Waals surface area contributed by atoms with Crippen LogP contribution in [0, 0.1) is 5.92 Å². The van der Waals surface area contributed by atoms with Crippen LogP contribution in [0.3, 0.4) is 0 Å². The van der Waals surface area contributed by atoms with Gasteiger partial charge in [-0.15, -0.1) is 0 Å². The predicted octanol–water partition coefficient (Wildman–Crippen LogP) is 4.87. The molecule has 1 aliphatic rings. The lowest BCUT2D eigenvalue weighted by Gasteiger charge is -2.34. The fourth-order valence-corrected chi connectivity index (χ4v) is 2.66. The lowest BCUT2D eigenvalue weighted by molar-refractivity contribution is -0.184. The maximum atomic E-state index is 12.9. The smallest absolute Gasteiger partial charge is 0.380 e. The Labute approximate surface area is 109 Å². The molecule has 1 aromatic carbocycles. The van der Waals surface area contributed by atoms with Crippen LogP contribution in [-0.2, 0) is 0 Å². The van der Waals surface area contributed by atoms with Crippen molar-refractivity contribution in [1.82, 2.24) is 0 Å². The van der Waals surface area contributed by atoms with E-state index in [9.17, 15) is 13.2 Å². The average molecular weight is 278 g/mol. The van der Waals surface area contributed by atoms with E-state index >= 15 is 0 Å². The Morgan fingerprint density at radius 3 is 2.44 bits per heavy atom. The molecule has 0 bridgehead atoms. The normalized spacial score (nSPS) is 24.9. The van der Waals surface area contributed by atoms with Crippen molar-refractivity contribution in [3.05, 3.63) is 29.3 Å². The van der Waals surface area contributed by atoms with Crippen LogP contribution in [-0.4, -0.2) is 12.2 Å². The molecule has 0 spiro atoms. The number of hydrogen-bond donors (Lipinski definition) is 1. The third-order valence-electron chi connectivity index (χ3n) is 3.40. The van der Waals surface area contributed by atoms with Gasteiger partial charge in [-0.2, -0.15) is 13.2 Å². The second-order valence-electron chi connectivity index (χ2n) is 4.66. The molecule has 2 unspecified atom stereocenters. The number of hydrogen-bond acceptors (Lipinski definition) is 1. The lowest BCUT2D eigenvalue weighted by atomic mass is 9.84. The van der Waals surface area contributed by atoms with Gasteiger partial charge in [0.05, 0.1) is 16.6 Å². The minimum Gasteiger partial charge on any atom is -0.380 e. The maximum Gasteiger partial charge on any atom is 0.393 e. The minimum atomic E-state index is -4.14. The highest BCUT2D eigenvalue weighted by molar-refractivity contribution is 6.33. The van der Waals surface area contributed by atoms with Crippen LogP contribution in [0.25, 0.3) is 0 Å². The molecule has 0 aliphatic heterocycles. The summed E-state index contributed by atoms with van der Waals surface area (Å²) in [5.74, 6) is -1.28. The largest absolute Gasteiger partial charge is 0.393 e. The fraction of sp³-hybridized carbons (Fsp3) is 0.538. The summed E-state index contributed by atoms with van der Waals surface area (Å²) in [5.41, 5.74) is 0.584. The van der Waals surface area contributed by atoms with Crippen molar-refractivity contribution in [2.75, 3.05) is 5.32 Å². The molecule has 0 amide bonds. The summed E-state index contributed by atoms with van der Waals surface area (Å²) in [7, 11) is 0. The highest BCUT2D eigenvalue weighted by Crippen LogP contribution is 2.39. The van der Waals surface area contributed by atoms with Crippen molar-refractivity contribution >= 4 is 17.3 Å². The first-order valence-corrected chi connectivity index (χ1v) is 6.44. The summed E-state index contributed by atoms with van der Waals surface area (Å²) < 4.78 is 38.8. The molecular formula is C13H15ClF3N. The second kappa shape index (κ2) is 5.39. The molecule has 0 heterocycles. The average Bonchev–Trinajstić information content (AvgIpc) is 2.31. The zero-order chi connectivity index (χ0) is 13.2. The molecule has 2 rings (SSSR count). The van der Waals surface area contributed by atoms with Crippen molar-refractivity contribution in [3.63, 3.8) is 0 Å². The third kappa shape index (κ3) is 3.10. The Hall–Kier alpha value is -0.900. The van der Waals surface area contributed by atoms with Gasteiger partial charge in [0.25, 0.3) is 0 Å². The molecule has 1 nitrogen and oxygen atoms in total. The molecule has 5 heteroatoms. The van der Waals surface area contributed by atoms with E-state index in [1.54, 1.807) is 24.3 Å². The zero-order valence-corrected chi connectivity index (χ0v) is 10.6. The van der Waals surface area contributed by atoms with E-state index in [1.165, 1.54) is 0 Å². The quantitative estimate of drug-likeness (QED) is 0.813. The molecule has 0 aromatic heterocycles. The van der Waals surface area contributed by atoms with E-state index in [4.69, 9.17) is 11.6 Å². The Bertz CT molecular complexity index is 405. The van der Waals surface area contributed by atoms with Gasteiger partial charge in [0.15, 0.2) is 0 Å².